The molecule has 6 heteroatoms. The molecule has 0 bridgehead atoms. The van der Waals surface area contributed by atoms with Crippen LogP contribution in [0.4, 0.5) is 0 Å². The summed E-state index contributed by atoms with van der Waals surface area (Å²) >= 11 is 0. The third kappa shape index (κ3) is 3.54. The molecule has 1 unspecified atom stereocenters. The third-order valence-corrected chi connectivity index (χ3v) is 13.6. The molecule has 1 atom stereocenters. The highest BCUT2D eigenvalue weighted by molar-refractivity contribution is 7.92. The van der Waals surface area contributed by atoms with Crippen LogP contribution in [0.2, 0.25) is 0 Å². The van der Waals surface area contributed by atoms with Gasteiger partial charge in [0.05, 0.1) is 26.4 Å². The summed E-state index contributed by atoms with van der Waals surface area (Å²) < 4.78 is 42.4. The molecule has 1 fully saturated rings. The minimum Gasteiger partial charge on any atom is -0.399 e. The summed E-state index contributed by atoms with van der Waals surface area (Å²) in [7, 11) is -4.36. The maximum atomic E-state index is 14.6. The van der Waals surface area contributed by atoms with Crippen LogP contribution in [-0.4, -0.2) is 26.7 Å². The zero-order valence-corrected chi connectivity index (χ0v) is 28.6. The molecule has 4 aliphatic rings. The van der Waals surface area contributed by atoms with Gasteiger partial charge >= 0.3 is 7.12 Å². The topological polar surface area (TPSA) is 52.6 Å². The maximum absolute atomic E-state index is 14.6. The van der Waals surface area contributed by atoms with E-state index in [1.54, 1.807) is 6.07 Å². The van der Waals surface area contributed by atoms with Crippen molar-refractivity contribution in [1.29, 1.82) is 0 Å². The van der Waals surface area contributed by atoms with Crippen molar-refractivity contribution >= 4 is 22.4 Å². The molecule has 6 aromatic rings. The van der Waals surface area contributed by atoms with Crippen LogP contribution >= 0.6 is 0 Å². The normalized spacial score (nSPS) is 20.8. The molecule has 4 nitrogen and oxygen atoms in total. The molecule has 0 aromatic heterocycles. The first-order valence-electron chi connectivity index (χ1n) is 16.9. The number of fused-ring (bicyclic) bond motifs is 16. The van der Waals surface area contributed by atoms with Crippen molar-refractivity contribution < 1.29 is 17.7 Å². The van der Waals surface area contributed by atoms with Crippen molar-refractivity contribution in [3.63, 3.8) is 0 Å². The second-order valence-electron chi connectivity index (χ2n) is 14.6. The summed E-state index contributed by atoms with van der Waals surface area (Å²) in [5.74, 6) is 0. The molecule has 0 N–H and O–H groups in total. The fraction of sp³-hybridized carbons (Fsp3) is 0.163. The van der Waals surface area contributed by atoms with Gasteiger partial charge in [-0.1, -0.05) is 121 Å². The molecular weight excluding hydrogens is 623 g/mol. The van der Waals surface area contributed by atoms with Gasteiger partial charge in [-0.25, -0.2) is 8.42 Å². The number of benzene rings is 6. The monoisotopic (exact) mass is 656 g/mol. The highest BCUT2D eigenvalue weighted by Gasteiger charge is 2.55. The Balaban J connectivity index is 1.37. The Morgan fingerprint density at radius 2 is 1.00 bits per heavy atom. The summed E-state index contributed by atoms with van der Waals surface area (Å²) in [5.41, 5.74) is 11.1. The first-order chi connectivity index (χ1) is 23.6. The fourth-order valence-electron chi connectivity index (χ4n) is 8.82. The van der Waals surface area contributed by atoms with Gasteiger partial charge in [0, 0.05) is 16.7 Å². The van der Waals surface area contributed by atoms with Gasteiger partial charge < -0.3 is 9.31 Å². The van der Waals surface area contributed by atoms with Crippen LogP contribution in [0.1, 0.15) is 49.9 Å². The lowest BCUT2D eigenvalue weighted by Gasteiger charge is -2.36. The van der Waals surface area contributed by atoms with E-state index in [1.165, 1.54) is 0 Å². The van der Waals surface area contributed by atoms with Gasteiger partial charge in [0.15, 0.2) is 0 Å². The average Bonchev–Trinajstić information content (AvgIpc) is 3.59. The van der Waals surface area contributed by atoms with Gasteiger partial charge in [-0.3, -0.25) is 0 Å². The maximum Gasteiger partial charge on any atom is 0.494 e. The zero-order chi connectivity index (χ0) is 33.5. The van der Waals surface area contributed by atoms with Gasteiger partial charge in [-0.15, -0.1) is 0 Å². The molecular formula is C43H33BO4S. The van der Waals surface area contributed by atoms with Crippen molar-refractivity contribution in [2.45, 2.75) is 54.1 Å². The molecule has 0 saturated carbocycles. The van der Waals surface area contributed by atoms with Crippen LogP contribution in [0.15, 0.2) is 137 Å². The lowest BCUT2D eigenvalue weighted by Crippen LogP contribution is -2.41. The van der Waals surface area contributed by atoms with Crippen molar-refractivity contribution in [3.05, 3.63) is 150 Å². The third-order valence-electron chi connectivity index (χ3n) is 11.7. The van der Waals surface area contributed by atoms with Crippen LogP contribution in [-0.2, 0) is 24.6 Å². The Hall–Kier alpha value is -4.75. The van der Waals surface area contributed by atoms with E-state index in [-0.39, 0.29) is 0 Å². The van der Waals surface area contributed by atoms with Gasteiger partial charge in [-0.05, 0) is 89.3 Å². The number of sulfone groups is 1. The van der Waals surface area contributed by atoms with Gasteiger partial charge in [-0.2, -0.15) is 0 Å². The van der Waals surface area contributed by atoms with Crippen molar-refractivity contribution in [1.82, 2.24) is 0 Å². The average molecular weight is 657 g/mol. The predicted octanol–water partition coefficient (Wildman–Crippen LogP) is 8.81. The number of rotatable bonds is 1. The van der Waals surface area contributed by atoms with E-state index in [9.17, 15) is 8.42 Å². The standard InChI is InChI=1S/C43H33BO4S/c1-41(2)42(3,4)48-44(47-41)26-21-22-30-28-14-6-5-13-27(28)29-15-7-10-18-34(29)43(37(30)25-26)35-19-11-8-17-33(35)39-36(43)24-23-32-31-16-9-12-20-38(31)49(45,46)40(32)39/h5-25H,1-4H3. The van der Waals surface area contributed by atoms with Crippen LogP contribution in [0.3, 0.4) is 0 Å². The van der Waals surface area contributed by atoms with Crippen molar-refractivity contribution in [2.75, 3.05) is 0 Å². The fourth-order valence-corrected chi connectivity index (χ4v) is 10.7. The lowest BCUT2D eigenvalue weighted by molar-refractivity contribution is 0.00578. The van der Waals surface area contributed by atoms with Crippen LogP contribution in [0.25, 0.3) is 44.5 Å². The number of hydrogen-bond donors (Lipinski definition) is 0. The van der Waals surface area contributed by atoms with Crippen molar-refractivity contribution in [3.8, 4) is 44.5 Å². The van der Waals surface area contributed by atoms with E-state index in [4.69, 9.17) is 9.31 Å². The zero-order valence-electron chi connectivity index (χ0n) is 27.7. The molecule has 238 valence electrons. The molecule has 2 aliphatic heterocycles. The first kappa shape index (κ1) is 29.2. The Labute approximate surface area is 287 Å². The van der Waals surface area contributed by atoms with Crippen LogP contribution in [0, 0.1) is 0 Å². The number of hydrogen-bond acceptors (Lipinski definition) is 4. The van der Waals surface area contributed by atoms with Crippen LogP contribution < -0.4 is 5.46 Å². The molecule has 1 saturated heterocycles. The molecule has 2 aliphatic carbocycles. The van der Waals surface area contributed by atoms with Gasteiger partial charge in [0.2, 0.25) is 9.84 Å². The van der Waals surface area contributed by atoms with E-state index in [0.717, 1.165) is 72.2 Å². The largest absolute Gasteiger partial charge is 0.494 e. The Morgan fingerprint density at radius 3 is 1.67 bits per heavy atom. The molecule has 10 rings (SSSR count). The first-order valence-corrected chi connectivity index (χ1v) is 18.4. The smallest absolute Gasteiger partial charge is 0.399 e. The summed E-state index contributed by atoms with van der Waals surface area (Å²) in [5, 5.41) is 0. The summed E-state index contributed by atoms with van der Waals surface area (Å²) in [6.45, 7) is 8.31. The molecule has 6 aromatic carbocycles. The highest BCUT2D eigenvalue weighted by atomic mass is 32.2. The molecule has 0 amide bonds. The van der Waals surface area contributed by atoms with Crippen molar-refractivity contribution in [2.24, 2.45) is 0 Å². The predicted molar refractivity (Wildman–Crippen MR) is 195 cm³/mol. The Morgan fingerprint density at radius 1 is 0.490 bits per heavy atom. The summed E-state index contributed by atoms with van der Waals surface area (Å²) in [6.07, 6.45) is 0. The second kappa shape index (κ2) is 9.48. The second-order valence-corrected chi connectivity index (χ2v) is 16.5. The minimum atomic E-state index is -3.79. The van der Waals surface area contributed by atoms with E-state index in [0.29, 0.717) is 9.79 Å². The van der Waals surface area contributed by atoms with Gasteiger partial charge in [0.1, 0.15) is 0 Å². The molecule has 0 radical (unpaired) electrons. The Kier molecular flexibility index (Phi) is 5.65. The minimum absolute atomic E-state index is 0.369. The van der Waals surface area contributed by atoms with E-state index in [2.05, 4.69) is 119 Å². The molecule has 1 spiro atoms. The molecule has 49 heavy (non-hydrogen) atoms. The van der Waals surface area contributed by atoms with Crippen LogP contribution in [0.5, 0.6) is 0 Å². The summed E-state index contributed by atoms with van der Waals surface area (Å²) in [6, 6.07) is 43.8. The summed E-state index contributed by atoms with van der Waals surface area (Å²) in [4.78, 5) is 0.771. The van der Waals surface area contributed by atoms with E-state index in [1.807, 2.05) is 30.3 Å². The molecule has 2 heterocycles. The van der Waals surface area contributed by atoms with E-state index >= 15 is 0 Å². The van der Waals surface area contributed by atoms with Gasteiger partial charge in [0.25, 0.3) is 0 Å². The Bertz CT molecular complexity index is 2530. The SMILES string of the molecule is CC1(C)OB(c2ccc3c(c2)C2(c4ccccc4-c4ccccc4-3)c3ccccc3-c3c2ccc2c3S(=O)(=O)c3ccccc3-2)OC1(C)C. The quantitative estimate of drug-likeness (QED) is 0.166. The van der Waals surface area contributed by atoms with E-state index < -0.39 is 33.6 Å². The lowest BCUT2D eigenvalue weighted by atomic mass is 9.64. The highest BCUT2D eigenvalue weighted by Crippen LogP contribution is 2.64.